The number of fused-ring (bicyclic) bond motifs is 1. The van der Waals surface area contributed by atoms with E-state index in [9.17, 15) is 9.90 Å². The molecule has 0 heterocycles. The number of aliphatic hydroxyl groups is 1. The number of benzene rings is 2. The molecule has 1 amide bonds. The Labute approximate surface area is 117 Å². The number of aliphatic hydroxyl groups excluding tert-OH is 1. The molecule has 0 aliphatic rings. The van der Waals surface area contributed by atoms with Gasteiger partial charge in [0.2, 0.25) is 5.91 Å². The summed E-state index contributed by atoms with van der Waals surface area (Å²) in [6.45, 7) is 0.368. The number of hydrogen-bond donors (Lipinski definition) is 2. The summed E-state index contributed by atoms with van der Waals surface area (Å²) < 4.78 is 0. The number of amides is 1. The maximum absolute atomic E-state index is 11.6. The van der Waals surface area contributed by atoms with Crippen LogP contribution in [0, 0.1) is 0 Å². The van der Waals surface area contributed by atoms with Crippen LogP contribution in [0.25, 0.3) is 10.8 Å². The van der Waals surface area contributed by atoms with Gasteiger partial charge in [-0.15, -0.1) is 11.6 Å². The summed E-state index contributed by atoms with van der Waals surface area (Å²) in [4.78, 5) is 11.6. The molecule has 0 saturated heterocycles. The van der Waals surface area contributed by atoms with Crippen LogP contribution in [0.3, 0.4) is 0 Å². The summed E-state index contributed by atoms with van der Waals surface area (Å²) in [6.07, 6.45) is -0.746. The standard InChI is InChI=1S/C15H16ClNO2/c16-8-9-17-15(19)14(18)10-12-6-3-5-11-4-1-2-7-13(11)12/h1-7,14,18H,8-10H2,(H,17,19). The van der Waals surface area contributed by atoms with Crippen molar-refractivity contribution in [2.24, 2.45) is 0 Å². The van der Waals surface area contributed by atoms with Crippen LogP contribution in [-0.4, -0.2) is 29.5 Å². The molecule has 2 rings (SSSR count). The summed E-state index contributed by atoms with van der Waals surface area (Å²) >= 11 is 5.49. The SMILES string of the molecule is O=C(NCCCl)C(O)Cc1cccc2ccccc12. The van der Waals surface area contributed by atoms with Crippen LogP contribution < -0.4 is 5.32 Å². The molecule has 0 spiro atoms. The van der Waals surface area contributed by atoms with Gasteiger partial charge in [0.05, 0.1) is 0 Å². The minimum absolute atomic E-state index is 0.301. The molecule has 19 heavy (non-hydrogen) atoms. The monoisotopic (exact) mass is 277 g/mol. The van der Waals surface area contributed by atoms with Crippen LogP contribution in [0.1, 0.15) is 5.56 Å². The highest BCUT2D eigenvalue weighted by molar-refractivity contribution is 6.18. The highest BCUT2D eigenvalue weighted by Crippen LogP contribution is 2.19. The summed E-state index contributed by atoms with van der Waals surface area (Å²) in [5.41, 5.74) is 0.964. The van der Waals surface area contributed by atoms with Crippen molar-refractivity contribution in [1.82, 2.24) is 5.32 Å². The van der Waals surface area contributed by atoms with E-state index in [4.69, 9.17) is 11.6 Å². The molecule has 0 saturated carbocycles. The maximum Gasteiger partial charge on any atom is 0.249 e. The van der Waals surface area contributed by atoms with Crippen LogP contribution >= 0.6 is 11.6 Å². The maximum atomic E-state index is 11.6. The highest BCUT2D eigenvalue weighted by atomic mass is 35.5. The van der Waals surface area contributed by atoms with Crippen LogP contribution in [0.15, 0.2) is 42.5 Å². The van der Waals surface area contributed by atoms with Crippen molar-refractivity contribution in [2.45, 2.75) is 12.5 Å². The summed E-state index contributed by atoms with van der Waals surface area (Å²) in [7, 11) is 0. The molecule has 0 radical (unpaired) electrons. The van der Waals surface area contributed by atoms with Gasteiger partial charge in [-0.05, 0) is 16.3 Å². The lowest BCUT2D eigenvalue weighted by Gasteiger charge is -2.12. The van der Waals surface area contributed by atoms with Crippen molar-refractivity contribution in [3.05, 3.63) is 48.0 Å². The zero-order valence-electron chi connectivity index (χ0n) is 10.5. The molecular weight excluding hydrogens is 262 g/mol. The zero-order chi connectivity index (χ0) is 13.7. The number of hydrogen-bond acceptors (Lipinski definition) is 2. The van der Waals surface area contributed by atoms with E-state index in [-0.39, 0.29) is 5.91 Å². The fourth-order valence-corrected chi connectivity index (χ4v) is 2.15. The van der Waals surface area contributed by atoms with E-state index in [0.29, 0.717) is 18.8 Å². The molecule has 3 nitrogen and oxygen atoms in total. The van der Waals surface area contributed by atoms with Gasteiger partial charge in [-0.3, -0.25) is 4.79 Å². The average molecular weight is 278 g/mol. The molecule has 100 valence electrons. The number of alkyl halides is 1. The van der Waals surface area contributed by atoms with Crippen molar-refractivity contribution in [1.29, 1.82) is 0 Å². The van der Waals surface area contributed by atoms with E-state index >= 15 is 0 Å². The molecule has 0 fully saturated rings. The van der Waals surface area contributed by atoms with Gasteiger partial charge in [0.1, 0.15) is 6.10 Å². The highest BCUT2D eigenvalue weighted by Gasteiger charge is 2.15. The van der Waals surface area contributed by atoms with Crippen molar-refractivity contribution in [2.75, 3.05) is 12.4 Å². The second kappa shape index (κ2) is 6.55. The van der Waals surface area contributed by atoms with E-state index in [0.717, 1.165) is 16.3 Å². The predicted octanol–water partition coefficient (Wildman–Crippen LogP) is 2.10. The molecule has 1 unspecified atom stereocenters. The molecule has 2 aromatic rings. The quantitative estimate of drug-likeness (QED) is 0.823. The van der Waals surface area contributed by atoms with E-state index in [1.54, 1.807) is 0 Å². The second-order valence-electron chi connectivity index (χ2n) is 4.34. The van der Waals surface area contributed by atoms with Gasteiger partial charge in [-0.2, -0.15) is 0 Å². The Morgan fingerprint density at radius 3 is 2.74 bits per heavy atom. The molecule has 1 atom stereocenters. The van der Waals surface area contributed by atoms with Gasteiger partial charge in [-0.1, -0.05) is 42.5 Å². The lowest BCUT2D eigenvalue weighted by Crippen LogP contribution is -2.36. The Morgan fingerprint density at radius 1 is 1.21 bits per heavy atom. The molecule has 0 bridgehead atoms. The van der Waals surface area contributed by atoms with Gasteiger partial charge in [0.25, 0.3) is 0 Å². The number of nitrogens with one attached hydrogen (secondary N) is 1. The largest absolute Gasteiger partial charge is 0.383 e. The molecule has 0 aliphatic heterocycles. The van der Waals surface area contributed by atoms with Gasteiger partial charge in [-0.25, -0.2) is 0 Å². The smallest absolute Gasteiger partial charge is 0.249 e. The summed E-state index contributed by atoms with van der Waals surface area (Å²) in [6, 6.07) is 13.8. The Bertz CT molecular complexity index is 566. The number of rotatable bonds is 5. The lowest BCUT2D eigenvalue weighted by atomic mass is 9.99. The summed E-state index contributed by atoms with van der Waals surface area (Å²) in [5, 5.41) is 14.7. The first-order valence-electron chi connectivity index (χ1n) is 6.20. The van der Waals surface area contributed by atoms with E-state index in [1.807, 2.05) is 42.5 Å². The van der Waals surface area contributed by atoms with E-state index < -0.39 is 6.10 Å². The second-order valence-corrected chi connectivity index (χ2v) is 4.72. The molecular formula is C15H16ClNO2. The molecule has 2 N–H and O–H groups in total. The van der Waals surface area contributed by atoms with Crippen LogP contribution in [0.4, 0.5) is 0 Å². The minimum atomic E-state index is -1.05. The van der Waals surface area contributed by atoms with Crippen molar-refractivity contribution < 1.29 is 9.90 Å². The topological polar surface area (TPSA) is 49.3 Å². The summed E-state index contributed by atoms with van der Waals surface area (Å²) in [5.74, 6) is -0.0409. The molecule has 4 heteroatoms. The van der Waals surface area contributed by atoms with Crippen LogP contribution in [0.5, 0.6) is 0 Å². The Hall–Kier alpha value is -1.58. The molecule has 0 aliphatic carbocycles. The van der Waals surface area contributed by atoms with E-state index in [1.165, 1.54) is 0 Å². The number of carbonyl (C=O) groups is 1. The first kappa shape index (κ1) is 13.8. The third-order valence-corrected chi connectivity index (χ3v) is 3.18. The average Bonchev–Trinajstić information content (AvgIpc) is 2.45. The third-order valence-electron chi connectivity index (χ3n) is 2.99. The van der Waals surface area contributed by atoms with E-state index in [2.05, 4.69) is 5.32 Å². The number of carbonyl (C=O) groups excluding carboxylic acids is 1. The zero-order valence-corrected chi connectivity index (χ0v) is 11.2. The van der Waals surface area contributed by atoms with Gasteiger partial charge >= 0.3 is 0 Å². The molecule has 0 aromatic heterocycles. The molecule has 2 aromatic carbocycles. The number of halogens is 1. The lowest BCUT2D eigenvalue weighted by molar-refractivity contribution is -0.129. The Kier molecular flexibility index (Phi) is 4.77. The van der Waals surface area contributed by atoms with Gasteiger partial charge < -0.3 is 10.4 Å². The van der Waals surface area contributed by atoms with Gasteiger partial charge in [0, 0.05) is 18.8 Å². The normalized spacial score (nSPS) is 12.3. The minimum Gasteiger partial charge on any atom is -0.383 e. The van der Waals surface area contributed by atoms with Crippen molar-refractivity contribution in [3.8, 4) is 0 Å². The fourth-order valence-electron chi connectivity index (χ4n) is 2.06. The van der Waals surface area contributed by atoms with Crippen LogP contribution in [0.2, 0.25) is 0 Å². The van der Waals surface area contributed by atoms with Crippen LogP contribution in [-0.2, 0) is 11.2 Å². The van der Waals surface area contributed by atoms with Crippen molar-refractivity contribution >= 4 is 28.3 Å². The fraction of sp³-hybridized carbons (Fsp3) is 0.267. The van der Waals surface area contributed by atoms with Crippen molar-refractivity contribution in [3.63, 3.8) is 0 Å². The third kappa shape index (κ3) is 3.46. The Morgan fingerprint density at radius 2 is 1.95 bits per heavy atom. The first-order chi connectivity index (χ1) is 9.22. The Balaban J connectivity index is 2.15. The predicted molar refractivity (Wildman–Crippen MR) is 77.4 cm³/mol. The van der Waals surface area contributed by atoms with Gasteiger partial charge in [0.15, 0.2) is 0 Å². The first-order valence-corrected chi connectivity index (χ1v) is 6.74.